The van der Waals surface area contributed by atoms with Crippen LogP contribution < -0.4 is 10.6 Å². The molecule has 1 saturated heterocycles. The first-order valence-corrected chi connectivity index (χ1v) is 9.09. The molecule has 4 nitrogen and oxygen atoms in total. The molecule has 130 valence electrons. The molecule has 0 unspecified atom stereocenters. The Kier molecular flexibility index (Phi) is 4.31. The van der Waals surface area contributed by atoms with Crippen molar-refractivity contribution in [2.45, 2.75) is 44.2 Å². The summed E-state index contributed by atoms with van der Waals surface area (Å²) in [6.45, 7) is 2.47. The lowest BCUT2D eigenvalue weighted by molar-refractivity contribution is -0.175. The molecule has 3 fully saturated rings. The van der Waals surface area contributed by atoms with Crippen LogP contribution in [0.15, 0.2) is 24.3 Å². The van der Waals surface area contributed by atoms with Crippen LogP contribution in [0.1, 0.15) is 42.5 Å². The molecule has 1 aromatic carbocycles. The molecule has 1 aromatic rings. The van der Waals surface area contributed by atoms with Crippen molar-refractivity contribution in [3.8, 4) is 0 Å². The Morgan fingerprint density at radius 2 is 2.04 bits per heavy atom. The van der Waals surface area contributed by atoms with Crippen molar-refractivity contribution < 1.29 is 13.9 Å². The van der Waals surface area contributed by atoms with E-state index < -0.39 is 0 Å². The average molecular weight is 332 g/mol. The van der Waals surface area contributed by atoms with E-state index in [1.165, 1.54) is 49.9 Å². The van der Waals surface area contributed by atoms with E-state index in [4.69, 9.17) is 4.74 Å². The van der Waals surface area contributed by atoms with Crippen molar-refractivity contribution in [2.24, 2.45) is 11.3 Å². The van der Waals surface area contributed by atoms with Crippen LogP contribution in [-0.2, 0) is 4.74 Å². The molecule has 0 bridgehead atoms. The summed E-state index contributed by atoms with van der Waals surface area (Å²) < 4.78 is 18.8. The van der Waals surface area contributed by atoms with Gasteiger partial charge in [-0.05, 0) is 56.5 Å². The largest absolute Gasteiger partial charge is 0.377 e. The van der Waals surface area contributed by atoms with Crippen LogP contribution in [0.4, 0.5) is 4.39 Å². The van der Waals surface area contributed by atoms with Crippen molar-refractivity contribution in [3.05, 3.63) is 35.6 Å². The Balaban J connectivity index is 1.18. The molecule has 1 amide bonds. The summed E-state index contributed by atoms with van der Waals surface area (Å²) in [6, 6.07) is 6.25. The van der Waals surface area contributed by atoms with Crippen LogP contribution in [0.25, 0.3) is 0 Å². The number of nitrogens with one attached hydrogen (secondary N) is 2. The SMILES string of the molecule is O=C(NCCCN[C@@H]1[C@@H]2CCO[C@@H]2C12CCC2)c1ccc(F)cc1. The first kappa shape index (κ1) is 16.0. The quantitative estimate of drug-likeness (QED) is 0.787. The number of benzene rings is 1. The molecule has 3 aliphatic rings. The number of hydrogen-bond donors (Lipinski definition) is 2. The van der Waals surface area contributed by atoms with Gasteiger partial charge in [0.05, 0.1) is 6.10 Å². The Labute approximate surface area is 142 Å². The van der Waals surface area contributed by atoms with E-state index in [0.29, 0.717) is 35.6 Å². The molecule has 2 aliphatic carbocycles. The van der Waals surface area contributed by atoms with Gasteiger partial charge < -0.3 is 15.4 Å². The van der Waals surface area contributed by atoms with Gasteiger partial charge in [0.2, 0.25) is 0 Å². The molecule has 0 aromatic heterocycles. The highest BCUT2D eigenvalue weighted by Gasteiger charge is 2.66. The lowest BCUT2D eigenvalue weighted by Crippen LogP contribution is -2.71. The maximum absolute atomic E-state index is 12.9. The molecule has 0 radical (unpaired) electrons. The van der Waals surface area contributed by atoms with Crippen molar-refractivity contribution in [1.29, 1.82) is 0 Å². The van der Waals surface area contributed by atoms with Crippen molar-refractivity contribution in [1.82, 2.24) is 10.6 Å². The molecule has 24 heavy (non-hydrogen) atoms. The van der Waals surface area contributed by atoms with Crippen LogP contribution in [0, 0.1) is 17.2 Å². The Morgan fingerprint density at radius 3 is 2.75 bits per heavy atom. The minimum absolute atomic E-state index is 0.140. The second kappa shape index (κ2) is 6.45. The van der Waals surface area contributed by atoms with Gasteiger partial charge >= 0.3 is 0 Å². The highest BCUT2D eigenvalue weighted by Crippen LogP contribution is 2.62. The summed E-state index contributed by atoms with van der Waals surface area (Å²) in [5.41, 5.74) is 0.918. The molecule has 1 spiro atoms. The zero-order valence-corrected chi connectivity index (χ0v) is 13.9. The number of rotatable bonds is 6. The number of hydrogen-bond acceptors (Lipinski definition) is 3. The Morgan fingerprint density at radius 1 is 1.25 bits per heavy atom. The third kappa shape index (κ3) is 2.64. The first-order chi connectivity index (χ1) is 11.7. The van der Waals surface area contributed by atoms with Crippen LogP contribution in [0.5, 0.6) is 0 Å². The van der Waals surface area contributed by atoms with Crippen molar-refractivity contribution in [2.75, 3.05) is 19.7 Å². The number of fused-ring (bicyclic) bond motifs is 2. The van der Waals surface area contributed by atoms with Gasteiger partial charge in [-0.15, -0.1) is 0 Å². The maximum Gasteiger partial charge on any atom is 0.251 e. The monoisotopic (exact) mass is 332 g/mol. The second-order valence-electron chi connectivity index (χ2n) is 7.38. The second-order valence-corrected chi connectivity index (χ2v) is 7.38. The summed E-state index contributed by atoms with van der Waals surface area (Å²) in [5.74, 6) is 0.229. The van der Waals surface area contributed by atoms with E-state index in [-0.39, 0.29) is 11.7 Å². The van der Waals surface area contributed by atoms with Gasteiger partial charge in [-0.25, -0.2) is 4.39 Å². The number of carbonyl (C=O) groups is 1. The molecule has 1 heterocycles. The van der Waals surface area contributed by atoms with Crippen LogP contribution in [-0.4, -0.2) is 37.7 Å². The molecule has 3 atom stereocenters. The van der Waals surface area contributed by atoms with Crippen molar-refractivity contribution in [3.63, 3.8) is 0 Å². The topological polar surface area (TPSA) is 50.4 Å². The van der Waals surface area contributed by atoms with Gasteiger partial charge in [-0.2, -0.15) is 0 Å². The third-order valence-electron chi connectivity index (χ3n) is 6.15. The lowest BCUT2D eigenvalue weighted by atomic mass is 9.46. The molecular formula is C19H25FN2O2. The number of halogens is 1. The minimum atomic E-state index is -0.324. The number of ether oxygens (including phenoxy) is 1. The normalized spacial score (nSPS) is 29.6. The maximum atomic E-state index is 12.9. The zero-order valence-electron chi connectivity index (χ0n) is 13.9. The predicted molar refractivity (Wildman–Crippen MR) is 89.3 cm³/mol. The summed E-state index contributed by atoms with van der Waals surface area (Å²) >= 11 is 0. The highest BCUT2D eigenvalue weighted by atomic mass is 19.1. The van der Waals surface area contributed by atoms with Crippen LogP contribution in [0.3, 0.4) is 0 Å². The molecule has 4 rings (SSSR count). The van der Waals surface area contributed by atoms with Gasteiger partial charge in [-0.3, -0.25) is 4.79 Å². The van der Waals surface area contributed by atoms with Gasteiger partial charge in [-0.1, -0.05) is 6.42 Å². The van der Waals surface area contributed by atoms with Gasteiger partial charge in [0.1, 0.15) is 5.82 Å². The fourth-order valence-corrected chi connectivity index (χ4v) is 4.81. The van der Waals surface area contributed by atoms with E-state index in [9.17, 15) is 9.18 Å². The zero-order chi connectivity index (χ0) is 16.6. The van der Waals surface area contributed by atoms with Crippen molar-refractivity contribution >= 4 is 5.91 Å². The van der Waals surface area contributed by atoms with Gasteiger partial charge in [0, 0.05) is 36.1 Å². The van der Waals surface area contributed by atoms with E-state index >= 15 is 0 Å². The van der Waals surface area contributed by atoms with E-state index in [1.807, 2.05) is 0 Å². The fourth-order valence-electron chi connectivity index (χ4n) is 4.81. The van der Waals surface area contributed by atoms with E-state index in [1.54, 1.807) is 0 Å². The van der Waals surface area contributed by atoms with Crippen LogP contribution in [0.2, 0.25) is 0 Å². The standard InChI is InChI=1S/C19H25FN2O2/c20-14-5-3-13(4-6-14)18(23)22-11-2-10-21-16-15-7-12-24-17(15)19(16)8-1-9-19/h3-6,15-17,21H,1-2,7-12H2,(H,22,23)/t15-,16+,17-/m0/s1. The number of amides is 1. The lowest BCUT2D eigenvalue weighted by Gasteiger charge is -2.63. The summed E-state index contributed by atoms with van der Waals surface area (Å²) in [6.07, 6.45) is 6.52. The van der Waals surface area contributed by atoms with Gasteiger partial charge in [0.15, 0.2) is 0 Å². The van der Waals surface area contributed by atoms with Crippen LogP contribution >= 0.6 is 0 Å². The molecular weight excluding hydrogens is 307 g/mol. The molecule has 1 aliphatic heterocycles. The predicted octanol–water partition coefficient (Wildman–Crippen LogP) is 2.49. The Hall–Kier alpha value is -1.46. The summed E-state index contributed by atoms with van der Waals surface area (Å²) in [7, 11) is 0. The van der Waals surface area contributed by atoms with Gasteiger partial charge in [0.25, 0.3) is 5.91 Å². The smallest absolute Gasteiger partial charge is 0.251 e. The summed E-state index contributed by atoms with van der Waals surface area (Å²) in [4.78, 5) is 12.0. The molecule has 2 N–H and O–H groups in total. The average Bonchev–Trinajstić information content (AvgIpc) is 2.94. The number of carbonyl (C=O) groups excluding carboxylic acids is 1. The third-order valence-corrected chi connectivity index (χ3v) is 6.15. The molecule has 5 heteroatoms. The summed E-state index contributed by atoms with van der Waals surface area (Å²) in [5, 5.41) is 6.62. The van der Waals surface area contributed by atoms with E-state index in [0.717, 1.165) is 19.6 Å². The first-order valence-electron chi connectivity index (χ1n) is 9.09. The van der Waals surface area contributed by atoms with E-state index in [2.05, 4.69) is 10.6 Å². The minimum Gasteiger partial charge on any atom is -0.377 e. The highest BCUT2D eigenvalue weighted by molar-refractivity contribution is 5.94. The fraction of sp³-hybridized carbons (Fsp3) is 0.632. The molecule has 2 saturated carbocycles. The Bertz CT molecular complexity index is 600.